The van der Waals surface area contributed by atoms with Crippen molar-refractivity contribution in [3.05, 3.63) is 12.2 Å². The van der Waals surface area contributed by atoms with Crippen LogP contribution in [0.5, 0.6) is 0 Å². The van der Waals surface area contributed by atoms with Crippen LogP contribution in [0.25, 0.3) is 0 Å². The van der Waals surface area contributed by atoms with Crippen molar-refractivity contribution in [2.24, 2.45) is 5.92 Å². The molecule has 1 aliphatic rings. The number of aliphatic hydroxyl groups excluding tert-OH is 1. The minimum Gasteiger partial charge on any atom is -0.392 e. The number of rotatable bonds is 5. The highest BCUT2D eigenvalue weighted by Gasteiger charge is 2.19. The summed E-state index contributed by atoms with van der Waals surface area (Å²) < 4.78 is 5.42. The second-order valence-corrected chi connectivity index (χ2v) is 3.32. The molecule has 70 valence electrons. The molecular weight excluding hydrogens is 152 g/mol. The van der Waals surface area contributed by atoms with Gasteiger partial charge in [0, 0.05) is 12.5 Å². The molecule has 0 bridgehead atoms. The van der Waals surface area contributed by atoms with Gasteiger partial charge in [-0.25, -0.2) is 0 Å². The topological polar surface area (TPSA) is 29.5 Å². The summed E-state index contributed by atoms with van der Waals surface area (Å²) >= 11 is 0. The zero-order chi connectivity index (χ0) is 8.81. The molecule has 0 aromatic carbocycles. The Hall–Kier alpha value is -0.340. The molecule has 0 spiro atoms. The van der Waals surface area contributed by atoms with Crippen LogP contribution in [0, 0.1) is 5.92 Å². The minimum absolute atomic E-state index is 0.202. The zero-order valence-electron chi connectivity index (χ0n) is 7.70. The third kappa shape index (κ3) is 2.95. The van der Waals surface area contributed by atoms with Crippen LogP contribution in [0.3, 0.4) is 0 Å². The van der Waals surface area contributed by atoms with Crippen molar-refractivity contribution in [1.82, 2.24) is 0 Å². The number of unbranched alkanes of at least 4 members (excludes halogenated alkanes) is 1. The average Bonchev–Trinajstić information content (AvgIpc) is 2.46. The Kier molecular flexibility index (Phi) is 4.33. The Morgan fingerprint density at radius 1 is 1.58 bits per heavy atom. The summed E-state index contributed by atoms with van der Waals surface area (Å²) in [6.07, 6.45) is 6.96. The second-order valence-electron chi connectivity index (χ2n) is 3.32. The molecule has 0 aromatic heterocycles. The van der Waals surface area contributed by atoms with Gasteiger partial charge in [0.05, 0.1) is 12.7 Å². The van der Waals surface area contributed by atoms with Gasteiger partial charge in [0.15, 0.2) is 0 Å². The summed E-state index contributed by atoms with van der Waals surface area (Å²) in [5, 5.41) is 9.40. The molecule has 0 aromatic rings. The molecule has 0 aliphatic heterocycles. The Morgan fingerprint density at radius 3 is 3.00 bits per heavy atom. The van der Waals surface area contributed by atoms with Gasteiger partial charge in [-0.15, -0.1) is 0 Å². The predicted octanol–water partition coefficient (Wildman–Crippen LogP) is 1.74. The van der Waals surface area contributed by atoms with Crippen LogP contribution in [-0.2, 0) is 4.74 Å². The van der Waals surface area contributed by atoms with E-state index >= 15 is 0 Å². The molecule has 12 heavy (non-hydrogen) atoms. The van der Waals surface area contributed by atoms with E-state index in [0.717, 1.165) is 19.4 Å². The third-order valence-corrected chi connectivity index (χ3v) is 2.21. The molecule has 1 N–H and O–H groups in total. The third-order valence-electron chi connectivity index (χ3n) is 2.21. The first-order valence-electron chi connectivity index (χ1n) is 4.77. The Labute approximate surface area is 74.2 Å². The highest BCUT2D eigenvalue weighted by molar-refractivity contribution is 5.01. The highest BCUT2D eigenvalue weighted by atomic mass is 16.5. The lowest BCUT2D eigenvalue weighted by molar-refractivity contribution is 0.0546. The van der Waals surface area contributed by atoms with E-state index in [1.807, 2.05) is 6.08 Å². The van der Waals surface area contributed by atoms with Crippen LogP contribution >= 0.6 is 0 Å². The Balaban J connectivity index is 2.02. The van der Waals surface area contributed by atoms with Crippen LogP contribution in [-0.4, -0.2) is 24.4 Å². The normalized spacial score (nSPS) is 28.2. The fourth-order valence-corrected chi connectivity index (χ4v) is 1.33. The highest BCUT2D eigenvalue weighted by Crippen LogP contribution is 2.17. The van der Waals surface area contributed by atoms with Gasteiger partial charge in [0.2, 0.25) is 0 Å². The first-order chi connectivity index (χ1) is 5.84. The summed E-state index contributed by atoms with van der Waals surface area (Å²) in [5.41, 5.74) is 0. The summed E-state index contributed by atoms with van der Waals surface area (Å²) in [6.45, 7) is 3.65. The van der Waals surface area contributed by atoms with Gasteiger partial charge in [-0.1, -0.05) is 25.5 Å². The number of aliphatic hydroxyl groups is 1. The van der Waals surface area contributed by atoms with E-state index in [1.54, 1.807) is 0 Å². The van der Waals surface area contributed by atoms with Gasteiger partial charge in [-0.05, 0) is 12.8 Å². The maximum Gasteiger partial charge on any atom is 0.0659 e. The van der Waals surface area contributed by atoms with Gasteiger partial charge < -0.3 is 9.84 Å². The zero-order valence-corrected chi connectivity index (χ0v) is 7.70. The molecule has 0 saturated carbocycles. The quantitative estimate of drug-likeness (QED) is 0.503. The fraction of sp³-hybridized carbons (Fsp3) is 0.800. The summed E-state index contributed by atoms with van der Waals surface area (Å²) in [5.74, 6) is 0.238. The Bertz CT molecular complexity index is 143. The first kappa shape index (κ1) is 9.75. The second kappa shape index (κ2) is 5.33. The predicted molar refractivity (Wildman–Crippen MR) is 49.0 cm³/mol. The molecule has 0 unspecified atom stereocenters. The van der Waals surface area contributed by atoms with Crippen LogP contribution in [0.2, 0.25) is 0 Å². The van der Waals surface area contributed by atoms with E-state index in [4.69, 9.17) is 4.74 Å². The summed E-state index contributed by atoms with van der Waals surface area (Å²) in [4.78, 5) is 0. The molecule has 2 nitrogen and oxygen atoms in total. The lowest BCUT2D eigenvalue weighted by atomic mass is 10.1. The molecule has 1 rings (SSSR count). The van der Waals surface area contributed by atoms with Gasteiger partial charge in [0.1, 0.15) is 0 Å². The van der Waals surface area contributed by atoms with E-state index in [1.165, 1.54) is 6.42 Å². The summed E-state index contributed by atoms with van der Waals surface area (Å²) in [6, 6.07) is 0. The Morgan fingerprint density at radius 2 is 2.42 bits per heavy atom. The number of hydrogen-bond donors (Lipinski definition) is 1. The van der Waals surface area contributed by atoms with Crippen LogP contribution in [0.1, 0.15) is 26.2 Å². The number of ether oxygens (including phenoxy) is 1. The first-order valence-corrected chi connectivity index (χ1v) is 4.77. The van der Waals surface area contributed by atoms with E-state index in [0.29, 0.717) is 6.61 Å². The lowest BCUT2D eigenvalue weighted by Gasteiger charge is -2.13. The molecule has 0 fully saturated rings. The number of hydrogen-bond acceptors (Lipinski definition) is 2. The van der Waals surface area contributed by atoms with Crippen molar-refractivity contribution in [3.8, 4) is 0 Å². The van der Waals surface area contributed by atoms with Gasteiger partial charge in [0.25, 0.3) is 0 Å². The monoisotopic (exact) mass is 170 g/mol. The lowest BCUT2D eigenvalue weighted by Crippen LogP contribution is -2.19. The standard InChI is InChI=1S/C10H18O2/c1-2-3-7-12-8-9-5-4-6-10(9)11/h4-5,9-11H,2-3,6-8H2,1H3/t9-,10+/m1/s1. The molecule has 0 amide bonds. The smallest absolute Gasteiger partial charge is 0.0659 e. The molecule has 2 atom stereocenters. The van der Waals surface area contributed by atoms with E-state index in [2.05, 4.69) is 13.0 Å². The average molecular weight is 170 g/mol. The maximum absolute atomic E-state index is 9.40. The van der Waals surface area contributed by atoms with E-state index in [-0.39, 0.29) is 12.0 Å². The maximum atomic E-state index is 9.40. The largest absolute Gasteiger partial charge is 0.392 e. The van der Waals surface area contributed by atoms with Gasteiger partial charge in [-0.3, -0.25) is 0 Å². The fourth-order valence-electron chi connectivity index (χ4n) is 1.33. The molecule has 0 heterocycles. The summed E-state index contributed by atoms with van der Waals surface area (Å²) in [7, 11) is 0. The van der Waals surface area contributed by atoms with Crippen LogP contribution in [0.4, 0.5) is 0 Å². The minimum atomic E-state index is -0.202. The molecular formula is C10H18O2. The van der Waals surface area contributed by atoms with Crippen molar-refractivity contribution in [3.63, 3.8) is 0 Å². The van der Waals surface area contributed by atoms with Crippen molar-refractivity contribution in [1.29, 1.82) is 0 Å². The van der Waals surface area contributed by atoms with Crippen molar-refractivity contribution in [2.75, 3.05) is 13.2 Å². The van der Waals surface area contributed by atoms with Crippen LogP contribution < -0.4 is 0 Å². The molecule has 1 aliphatic carbocycles. The molecule has 0 saturated heterocycles. The van der Waals surface area contributed by atoms with Crippen molar-refractivity contribution in [2.45, 2.75) is 32.3 Å². The van der Waals surface area contributed by atoms with E-state index in [9.17, 15) is 5.11 Å². The molecule has 0 radical (unpaired) electrons. The van der Waals surface area contributed by atoms with Crippen molar-refractivity contribution < 1.29 is 9.84 Å². The SMILES string of the molecule is CCCCOC[C@H]1C=CC[C@@H]1O. The van der Waals surface area contributed by atoms with Gasteiger partial charge >= 0.3 is 0 Å². The molecule has 2 heteroatoms. The van der Waals surface area contributed by atoms with Gasteiger partial charge in [-0.2, -0.15) is 0 Å². The van der Waals surface area contributed by atoms with E-state index < -0.39 is 0 Å². The van der Waals surface area contributed by atoms with Crippen molar-refractivity contribution >= 4 is 0 Å². The van der Waals surface area contributed by atoms with Crippen LogP contribution in [0.15, 0.2) is 12.2 Å².